The summed E-state index contributed by atoms with van der Waals surface area (Å²) in [5.74, 6) is 0. The molecule has 0 saturated carbocycles. The summed E-state index contributed by atoms with van der Waals surface area (Å²) in [7, 11) is 0. The molecule has 0 aliphatic rings. The third-order valence-electron chi connectivity index (χ3n) is 2.91. The summed E-state index contributed by atoms with van der Waals surface area (Å²) < 4.78 is 38.6. The molecule has 0 aliphatic heterocycles. The van der Waals surface area contributed by atoms with Gasteiger partial charge >= 0.3 is 12.2 Å². The van der Waals surface area contributed by atoms with E-state index < -0.39 is 17.8 Å². The van der Waals surface area contributed by atoms with Gasteiger partial charge < -0.3 is 16.4 Å². The molecule has 2 aromatic carbocycles. The first-order chi connectivity index (χ1) is 10.8. The predicted octanol–water partition coefficient (Wildman–Crippen LogP) is 3.98. The molecule has 4 nitrogen and oxygen atoms in total. The summed E-state index contributed by atoms with van der Waals surface area (Å²) in [6.07, 6.45) is -4.55. The third-order valence-corrected chi connectivity index (χ3v) is 3.14. The monoisotopic (exact) mass is 339 g/mol. The maximum atomic E-state index is 12.9. The molecule has 0 fully saturated rings. The Bertz CT molecular complexity index is 729. The highest BCUT2D eigenvalue weighted by Crippen LogP contribution is 2.34. The minimum absolute atomic E-state index is 0.208. The average molecular weight is 339 g/mol. The Hall–Kier alpha value is -2.61. The second-order valence-electron chi connectivity index (χ2n) is 4.56. The lowest BCUT2D eigenvalue weighted by Crippen LogP contribution is -2.22. The van der Waals surface area contributed by atoms with Gasteiger partial charge in [-0.1, -0.05) is 24.4 Å². The van der Waals surface area contributed by atoms with Crippen molar-refractivity contribution in [1.29, 1.82) is 0 Å². The average Bonchev–Trinajstić information content (AvgIpc) is 2.47. The molecule has 0 bridgehead atoms. The van der Waals surface area contributed by atoms with Crippen molar-refractivity contribution in [3.63, 3.8) is 0 Å². The molecule has 0 saturated heterocycles. The van der Waals surface area contributed by atoms with Gasteiger partial charge in [-0.2, -0.15) is 13.2 Å². The molecule has 0 radical (unpaired) electrons. The fourth-order valence-corrected chi connectivity index (χ4v) is 1.98. The quantitative estimate of drug-likeness (QED) is 0.741. The molecule has 4 N–H and O–H groups in total. The van der Waals surface area contributed by atoms with Crippen LogP contribution < -0.4 is 16.4 Å². The largest absolute Gasteiger partial charge is 0.418 e. The van der Waals surface area contributed by atoms with Gasteiger partial charge in [0.2, 0.25) is 0 Å². The van der Waals surface area contributed by atoms with Crippen LogP contribution in [0, 0.1) is 0 Å². The molecular formula is C15H12F3N3OS. The Labute approximate surface area is 135 Å². The number of carbonyl (C=O) groups is 1. The number of para-hydroxylation sites is 1. The molecule has 2 amide bonds. The number of benzene rings is 2. The van der Waals surface area contributed by atoms with E-state index in [4.69, 9.17) is 18.0 Å². The first-order valence-electron chi connectivity index (χ1n) is 6.41. The second-order valence-corrected chi connectivity index (χ2v) is 5.00. The van der Waals surface area contributed by atoms with E-state index >= 15 is 0 Å². The Morgan fingerprint density at radius 1 is 1.00 bits per heavy atom. The Kier molecular flexibility index (Phi) is 4.85. The van der Waals surface area contributed by atoms with Crippen molar-refractivity contribution in [1.82, 2.24) is 0 Å². The van der Waals surface area contributed by atoms with Crippen LogP contribution in [0.5, 0.6) is 0 Å². The molecular weight excluding hydrogens is 327 g/mol. The molecule has 2 aromatic rings. The number of nitrogens with one attached hydrogen (secondary N) is 2. The number of amides is 2. The SMILES string of the molecule is NC(=S)c1ccc(NC(=O)Nc2ccccc2C(F)(F)F)cc1. The number of thiocarbonyl (C=S) groups is 1. The number of hydrogen-bond donors (Lipinski definition) is 3. The van der Waals surface area contributed by atoms with Crippen molar-refractivity contribution in [2.45, 2.75) is 6.18 Å². The number of anilines is 2. The lowest BCUT2D eigenvalue weighted by molar-refractivity contribution is -0.136. The highest BCUT2D eigenvalue weighted by atomic mass is 32.1. The van der Waals surface area contributed by atoms with Crippen molar-refractivity contribution in [3.8, 4) is 0 Å². The minimum Gasteiger partial charge on any atom is -0.389 e. The van der Waals surface area contributed by atoms with Gasteiger partial charge in [-0.05, 0) is 36.4 Å². The van der Waals surface area contributed by atoms with Gasteiger partial charge in [0, 0.05) is 11.3 Å². The van der Waals surface area contributed by atoms with E-state index in [9.17, 15) is 18.0 Å². The van der Waals surface area contributed by atoms with Gasteiger partial charge in [-0.15, -0.1) is 0 Å². The van der Waals surface area contributed by atoms with Crippen LogP contribution in [0.25, 0.3) is 0 Å². The number of carbonyl (C=O) groups excluding carboxylic acids is 1. The molecule has 120 valence electrons. The van der Waals surface area contributed by atoms with E-state index in [0.717, 1.165) is 6.07 Å². The van der Waals surface area contributed by atoms with Crippen LogP contribution in [0.3, 0.4) is 0 Å². The summed E-state index contributed by atoms with van der Waals surface area (Å²) in [5, 5.41) is 4.62. The third kappa shape index (κ3) is 4.43. The van der Waals surface area contributed by atoms with Gasteiger partial charge in [0.1, 0.15) is 4.99 Å². The van der Waals surface area contributed by atoms with Crippen molar-refractivity contribution >= 4 is 34.6 Å². The summed E-state index contributed by atoms with van der Waals surface area (Å²) in [5.41, 5.74) is 5.22. The van der Waals surface area contributed by atoms with Crippen molar-refractivity contribution in [2.24, 2.45) is 5.73 Å². The molecule has 8 heteroatoms. The molecule has 0 heterocycles. The van der Waals surface area contributed by atoms with Crippen LogP contribution in [0.1, 0.15) is 11.1 Å². The standard InChI is InChI=1S/C15H12F3N3OS/c16-15(17,18)11-3-1-2-4-12(11)21-14(22)20-10-7-5-9(6-8-10)13(19)23/h1-8H,(H2,19,23)(H2,20,21,22). The highest BCUT2D eigenvalue weighted by Gasteiger charge is 2.33. The van der Waals surface area contributed by atoms with E-state index in [1.165, 1.54) is 18.2 Å². The van der Waals surface area contributed by atoms with E-state index in [2.05, 4.69) is 10.6 Å². The summed E-state index contributed by atoms with van der Waals surface area (Å²) in [6, 6.07) is 10.2. The Morgan fingerprint density at radius 3 is 2.17 bits per heavy atom. The zero-order valence-corrected chi connectivity index (χ0v) is 12.5. The van der Waals surface area contributed by atoms with Crippen molar-refractivity contribution < 1.29 is 18.0 Å². The van der Waals surface area contributed by atoms with Crippen LogP contribution >= 0.6 is 12.2 Å². The number of nitrogens with two attached hydrogens (primary N) is 1. The lowest BCUT2D eigenvalue weighted by atomic mass is 10.1. The minimum atomic E-state index is -4.55. The van der Waals surface area contributed by atoms with E-state index in [1.54, 1.807) is 24.3 Å². The maximum absolute atomic E-state index is 12.9. The second kappa shape index (κ2) is 6.66. The van der Waals surface area contributed by atoms with Crippen LogP contribution in [-0.4, -0.2) is 11.0 Å². The molecule has 0 spiro atoms. The smallest absolute Gasteiger partial charge is 0.389 e. The Morgan fingerprint density at radius 2 is 1.61 bits per heavy atom. The van der Waals surface area contributed by atoms with Gasteiger partial charge in [0.15, 0.2) is 0 Å². The molecule has 0 aliphatic carbocycles. The van der Waals surface area contributed by atoms with E-state index in [-0.39, 0.29) is 10.7 Å². The van der Waals surface area contributed by atoms with Crippen molar-refractivity contribution in [2.75, 3.05) is 10.6 Å². The number of urea groups is 1. The molecule has 23 heavy (non-hydrogen) atoms. The van der Waals surface area contributed by atoms with Gasteiger partial charge in [-0.25, -0.2) is 4.79 Å². The van der Waals surface area contributed by atoms with E-state index in [0.29, 0.717) is 11.3 Å². The molecule has 0 atom stereocenters. The fourth-order valence-electron chi connectivity index (χ4n) is 1.84. The topological polar surface area (TPSA) is 67.1 Å². The summed E-state index contributed by atoms with van der Waals surface area (Å²) >= 11 is 4.80. The van der Waals surface area contributed by atoms with Gasteiger partial charge in [0.05, 0.1) is 11.3 Å². The van der Waals surface area contributed by atoms with Crippen LogP contribution in [-0.2, 0) is 6.18 Å². The molecule has 2 rings (SSSR count). The Balaban J connectivity index is 2.10. The van der Waals surface area contributed by atoms with Crippen molar-refractivity contribution in [3.05, 3.63) is 59.7 Å². The summed E-state index contributed by atoms with van der Waals surface area (Å²) in [6.45, 7) is 0. The van der Waals surface area contributed by atoms with Crippen LogP contribution in [0.15, 0.2) is 48.5 Å². The van der Waals surface area contributed by atoms with Crippen LogP contribution in [0.4, 0.5) is 29.3 Å². The maximum Gasteiger partial charge on any atom is 0.418 e. The normalized spacial score (nSPS) is 10.9. The molecule has 0 unspecified atom stereocenters. The van der Waals surface area contributed by atoms with Crippen LogP contribution in [0.2, 0.25) is 0 Å². The van der Waals surface area contributed by atoms with Gasteiger partial charge in [0.25, 0.3) is 0 Å². The zero-order valence-electron chi connectivity index (χ0n) is 11.6. The number of hydrogen-bond acceptors (Lipinski definition) is 2. The first kappa shape index (κ1) is 16.8. The predicted molar refractivity (Wildman–Crippen MR) is 86.4 cm³/mol. The first-order valence-corrected chi connectivity index (χ1v) is 6.82. The van der Waals surface area contributed by atoms with E-state index in [1.807, 2.05) is 0 Å². The molecule has 0 aromatic heterocycles. The number of alkyl halides is 3. The fraction of sp³-hybridized carbons (Fsp3) is 0.0667. The summed E-state index contributed by atoms with van der Waals surface area (Å²) in [4.78, 5) is 12.0. The number of rotatable bonds is 3. The lowest BCUT2D eigenvalue weighted by Gasteiger charge is -2.14. The number of halogens is 3. The van der Waals surface area contributed by atoms with Gasteiger partial charge in [-0.3, -0.25) is 0 Å². The zero-order chi connectivity index (χ0) is 17.0. The highest BCUT2D eigenvalue weighted by molar-refractivity contribution is 7.80.